The quantitative estimate of drug-likeness (QED) is 0.724. The fourth-order valence-corrected chi connectivity index (χ4v) is 1.93. The minimum absolute atomic E-state index is 0.0322. The van der Waals surface area contributed by atoms with E-state index in [1.807, 2.05) is 0 Å². The van der Waals surface area contributed by atoms with Crippen LogP contribution < -0.4 is 5.32 Å². The molecule has 1 atom stereocenters. The van der Waals surface area contributed by atoms with Gasteiger partial charge in [0.1, 0.15) is 5.60 Å². The number of sulfone groups is 1. The highest BCUT2D eigenvalue weighted by atomic mass is 32.2. The number of rotatable bonds is 6. The summed E-state index contributed by atoms with van der Waals surface area (Å²) in [5.41, 5.74) is -0.879. The second kappa shape index (κ2) is 5.81. The lowest BCUT2D eigenvalue weighted by Crippen LogP contribution is -2.37. The highest BCUT2D eigenvalue weighted by molar-refractivity contribution is 7.91. The predicted octanol–water partition coefficient (Wildman–Crippen LogP) is 0.838. The number of alkyl halides is 2. The van der Waals surface area contributed by atoms with E-state index in [1.54, 1.807) is 0 Å². The smallest absolute Gasteiger partial charge is 0.341 e. The average Bonchev–Trinajstić information content (AvgIpc) is 2.37. The van der Waals surface area contributed by atoms with Crippen molar-refractivity contribution in [1.29, 1.82) is 0 Å². The van der Waals surface area contributed by atoms with Crippen LogP contribution in [0.5, 0.6) is 0 Å². The summed E-state index contributed by atoms with van der Waals surface area (Å²) < 4.78 is 46.9. The molecule has 0 heterocycles. The Balaban J connectivity index is 2.78. The van der Waals surface area contributed by atoms with E-state index in [1.165, 1.54) is 19.1 Å². The second-order valence-corrected chi connectivity index (χ2v) is 6.26. The van der Waals surface area contributed by atoms with E-state index in [-0.39, 0.29) is 6.54 Å². The van der Waals surface area contributed by atoms with Gasteiger partial charge in [0.2, 0.25) is 9.84 Å². The normalized spacial score (nSPS) is 15.3. The number of anilines is 1. The van der Waals surface area contributed by atoms with Gasteiger partial charge in [-0.1, -0.05) is 0 Å². The van der Waals surface area contributed by atoms with Crippen LogP contribution in [0.2, 0.25) is 0 Å². The van der Waals surface area contributed by atoms with Gasteiger partial charge in [0.05, 0.1) is 11.5 Å². The fraction of sp³-hybridized carbons (Fsp3) is 0.455. The SMILES string of the molecule is CC(O)(CO)CNc1ccc(S(=O)(=O)C(F)F)cc1. The van der Waals surface area contributed by atoms with Crippen LogP contribution in [0.3, 0.4) is 0 Å². The van der Waals surface area contributed by atoms with Crippen LogP contribution in [0.1, 0.15) is 6.92 Å². The number of aliphatic hydroxyl groups excluding tert-OH is 1. The van der Waals surface area contributed by atoms with Crippen LogP contribution in [-0.2, 0) is 9.84 Å². The summed E-state index contributed by atoms with van der Waals surface area (Å²) in [6.45, 7) is 0.998. The van der Waals surface area contributed by atoms with Crippen molar-refractivity contribution in [3.8, 4) is 0 Å². The van der Waals surface area contributed by atoms with E-state index in [2.05, 4.69) is 5.32 Å². The molecule has 0 saturated heterocycles. The van der Waals surface area contributed by atoms with Crippen molar-refractivity contribution in [2.45, 2.75) is 23.2 Å². The zero-order chi connectivity index (χ0) is 14.7. The van der Waals surface area contributed by atoms with Crippen molar-refractivity contribution >= 4 is 15.5 Å². The molecule has 0 aliphatic rings. The van der Waals surface area contributed by atoms with E-state index in [4.69, 9.17) is 5.11 Å². The fourth-order valence-electron chi connectivity index (χ4n) is 1.21. The van der Waals surface area contributed by atoms with Gasteiger partial charge in [-0.25, -0.2) is 8.42 Å². The predicted molar refractivity (Wildman–Crippen MR) is 65.8 cm³/mol. The molecule has 3 N–H and O–H groups in total. The van der Waals surface area contributed by atoms with Crippen molar-refractivity contribution in [1.82, 2.24) is 0 Å². The monoisotopic (exact) mass is 295 g/mol. The number of nitrogens with one attached hydrogen (secondary N) is 1. The van der Waals surface area contributed by atoms with Gasteiger partial charge in [-0.2, -0.15) is 8.78 Å². The Hall–Kier alpha value is -1.25. The summed E-state index contributed by atoms with van der Waals surface area (Å²) >= 11 is 0. The molecule has 108 valence electrons. The van der Waals surface area contributed by atoms with Crippen LogP contribution in [0.4, 0.5) is 14.5 Å². The summed E-state index contributed by atoms with van der Waals surface area (Å²) in [5.74, 6) is -3.46. The van der Waals surface area contributed by atoms with Crippen LogP contribution in [-0.4, -0.2) is 43.1 Å². The van der Waals surface area contributed by atoms with Gasteiger partial charge in [-0.15, -0.1) is 0 Å². The molecule has 5 nitrogen and oxygen atoms in total. The molecule has 8 heteroatoms. The molecule has 0 bridgehead atoms. The van der Waals surface area contributed by atoms with E-state index >= 15 is 0 Å². The lowest BCUT2D eigenvalue weighted by atomic mass is 10.1. The van der Waals surface area contributed by atoms with Crippen LogP contribution in [0.25, 0.3) is 0 Å². The molecule has 0 saturated carbocycles. The first-order valence-corrected chi connectivity index (χ1v) is 6.93. The molecule has 0 amide bonds. The van der Waals surface area contributed by atoms with Gasteiger partial charge >= 0.3 is 5.76 Å². The Bertz CT molecular complexity index is 514. The average molecular weight is 295 g/mol. The summed E-state index contributed by atoms with van der Waals surface area (Å²) in [7, 11) is -4.59. The minimum Gasteiger partial charge on any atom is -0.393 e. The largest absolute Gasteiger partial charge is 0.393 e. The van der Waals surface area contributed by atoms with E-state index in [9.17, 15) is 22.3 Å². The molecule has 0 fully saturated rings. The van der Waals surface area contributed by atoms with Crippen molar-refractivity contribution in [3.05, 3.63) is 24.3 Å². The summed E-state index contributed by atoms with van der Waals surface area (Å²) in [5, 5.41) is 21.1. The second-order valence-electron chi connectivity index (χ2n) is 4.34. The molecule has 1 unspecified atom stereocenters. The molecular weight excluding hydrogens is 280 g/mol. The Morgan fingerprint density at radius 2 is 1.84 bits per heavy atom. The highest BCUT2D eigenvalue weighted by Crippen LogP contribution is 2.20. The van der Waals surface area contributed by atoms with Gasteiger partial charge in [0, 0.05) is 12.2 Å². The molecule has 19 heavy (non-hydrogen) atoms. The van der Waals surface area contributed by atoms with Gasteiger partial charge in [0.25, 0.3) is 0 Å². The maximum absolute atomic E-state index is 12.3. The van der Waals surface area contributed by atoms with Gasteiger partial charge in [-0.05, 0) is 31.2 Å². The Kier molecular flexibility index (Phi) is 4.83. The molecule has 0 spiro atoms. The van der Waals surface area contributed by atoms with Gasteiger partial charge < -0.3 is 15.5 Å². The molecule has 1 aromatic carbocycles. The maximum atomic E-state index is 12.3. The van der Waals surface area contributed by atoms with Gasteiger partial charge in [0.15, 0.2) is 0 Å². The third-order valence-corrected chi connectivity index (χ3v) is 3.83. The molecule has 0 aliphatic heterocycles. The summed E-state index contributed by atoms with van der Waals surface area (Å²) in [6, 6.07) is 4.72. The lowest BCUT2D eigenvalue weighted by Gasteiger charge is -2.21. The molecular formula is C11H15F2NO4S. The van der Waals surface area contributed by atoms with Crippen molar-refractivity contribution in [2.75, 3.05) is 18.5 Å². The van der Waals surface area contributed by atoms with Crippen LogP contribution in [0, 0.1) is 0 Å². The first kappa shape index (κ1) is 15.8. The van der Waals surface area contributed by atoms with Crippen molar-refractivity contribution in [2.24, 2.45) is 0 Å². The number of aliphatic hydroxyl groups is 2. The number of hydrogen-bond acceptors (Lipinski definition) is 5. The summed E-state index contributed by atoms with van der Waals surface area (Å²) in [6.07, 6.45) is 0. The van der Waals surface area contributed by atoms with E-state index in [0.29, 0.717) is 5.69 Å². The molecule has 1 aromatic rings. The Labute approximate surface area is 109 Å². The lowest BCUT2D eigenvalue weighted by molar-refractivity contribution is 0.0132. The first-order chi connectivity index (χ1) is 8.69. The topological polar surface area (TPSA) is 86.6 Å². The maximum Gasteiger partial charge on any atom is 0.341 e. The molecule has 0 radical (unpaired) electrons. The standard InChI is InChI=1S/C11H15F2NO4S/c1-11(16,7-15)6-14-8-2-4-9(5-3-8)19(17,18)10(12)13/h2-5,10,14-16H,6-7H2,1H3. The third-order valence-electron chi connectivity index (χ3n) is 2.43. The van der Waals surface area contributed by atoms with Crippen LogP contribution >= 0.6 is 0 Å². The van der Waals surface area contributed by atoms with Crippen molar-refractivity contribution in [3.63, 3.8) is 0 Å². The molecule has 1 rings (SSSR count). The number of benzene rings is 1. The van der Waals surface area contributed by atoms with Gasteiger partial charge in [-0.3, -0.25) is 0 Å². The Morgan fingerprint density at radius 3 is 2.26 bits per heavy atom. The summed E-state index contributed by atoms with van der Waals surface area (Å²) in [4.78, 5) is -0.470. The zero-order valence-corrected chi connectivity index (χ0v) is 11.0. The van der Waals surface area contributed by atoms with Crippen LogP contribution in [0.15, 0.2) is 29.2 Å². The first-order valence-electron chi connectivity index (χ1n) is 5.38. The molecule has 0 aliphatic carbocycles. The zero-order valence-electron chi connectivity index (χ0n) is 10.2. The highest BCUT2D eigenvalue weighted by Gasteiger charge is 2.26. The molecule has 0 aromatic heterocycles. The van der Waals surface area contributed by atoms with E-state index < -0.39 is 32.7 Å². The van der Waals surface area contributed by atoms with E-state index in [0.717, 1.165) is 12.1 Å². The minimum atomic E-state index is -4.59. The Morgan fingerprint density at radius 1 is 1.32 bits per heavy atom. The third kappa shape index (κ3) is 4.12. The number of halogens is 2. The number of hydrogen-bond donors (Lipinski definition) is 3. The van der Waals surface area contributed by atoms with Crippen molar-refractivity contribution < 1.29 is 27.4 Å².